The van der Waals surface area contributed by atoms with E-state index in [2.05, 4.69) is 21.6 Å². The van der Waals surface area contributed by atoms with Crippen molar-refractivity contribution in [3.8, 4) is 22.6 Å². The molecule has 8 heteroatoms. The predicted octanol–water partition coefficient (Wildman–Crippen LogP) is 5.29. The molecule has 4 rings (SSSR count). The van der Waals surface area contributed by atoms with E-state index < -0.39 is 12.0 Å². The highest BCUT2D eigenvalue weighted by Gasteiger charge is 2.40. The summed E-state index contributed by atoms with van der Waals surface area (Å²) in [6.07, 6.45) is -0.0138. The summed E-state index contributed by atoms with van der Waals surface area (Å²) < 4.78 is 47.3. The van der Waals surface area contributed by atoms with Crippen LogP contribution in [-0.4, -0.2) is 73.8 Å². The quantitative estimate of drug-likeness (QED) is 0.569. The lowest BCUT2D eigenvalue weighted by Gasteiger charge is -2.43. The molecule has 2 fully saturated rings. The lowest BCUT2D eigenvalue weighted by atomic mass is 9.72. The number of likely N-dealkylation sites (N-methyl/N-ethyl adjacent to an activating group) is 1. The molecule has 2 aromatic rings. The standard InChI is InChI=1S/C27H35F3N2O3/c1-31-14-16-32(17-15-31)19-24(26(33)12-4-3-5-13-26)21-8-11-25(34-2)23(18-21)20-6-9-22(10-7-20)35-27(28,29)30/h6-11,18,24,33H,3-5,12-17,19H2,1-2H3. The predicted molar refractivity (Wildman–Crippen MR) is 130 cm³/mol. The first-order chi connectivity index (χ1) is 16.7. The molecule has 1 N–H and O–H groups in total. The number of benzene rings is 2. The summed E-state index contributed by atoms with van der Waals surface area (Å²) in [6.45, 7) is 4.71. The van der Waals surface area contributed by atoms with Gasteiger partial charge >= 0.3 is 6.36 Å². The van der Waals surface area contributed by atoms with Crippen LogP contribution in [0.4, 0.5) is 13.2 Å². The van der Waals surface area contributed by atoms with Gasteiger partial charge in [0, 0.05) is 44.2 Å². The first kappa shape index (κ1) is 25.8. The van der Waals surface area contributed by atoms with Crippen molar-refractivity contribution in [2.75, 3.05) is 46.9 Å². The van der Waals surface area contributed by atoms with Crippen LogP contribution in [0.3, 0.4) is 0 Å². The van der Waals surface area contributed by atoms with Gasteiger partial charge in [-0.25, -0.2) is 0 Å². The highest BCUT2D eigenvalue weighted by molar-refractivity contribution is 5.72. The highest BCUT2D eigenvalue weighted by atomic mass is 19.4. The van der Waals surface area contributed by atoms with Gasteiger partial charge in [0.25, 0.3) is 0 Å². The van der Waals surface area contributed by atoms with Gasteiger partial charge in [-0.05, 0) is 55.3 Å². The zero-order valence-electron chi connectivity index (χ0n) is 20.5. The van der Waals surface area contributed by atoms with E-state index in [1.807, 2.05) is 18.2 Å². The van der Waals surface area contributed by atoms with Gasteiger partial charge in [0.05, 0.1) is 12.7 Å². The maximum absolute atomic E-state index is 12.6. The highest BCUT2D eigenvalue weighted by Crippen LogP contribution is 2.43. The maximum Gasteiger partial charge on any atom is 0.573 e. The molecule has 35 heavy (non-hydrogen) atoms. The summed E-state index contributed by atoms with van der Waals surface area (Å²) in [7, 11) is 3.71. The van der Waals surface area contributed by atoms with E-state index in [0.29, 0.717) is 5.75 Å². The summed E-state index contributed by atoms with van der Waals surface area (Å²) in [5, 5.41) is 11.8. The fourth-order valence-electron chi connectivity index (χ4n) is 5.39. The molecular weight excluding hydrogens is 457 g/mol. The van der Waals surface area contributed by atoms with Crippen molar-refractivity contribution in [1.82, 2.24) is 9.80 Å². The number of rotatable bonds is 7. The van der Waals surface area contributed by atoms with Crippen molar-refractivity contribution >= 4 is 0 Å². The second kappa shape index (κ2) is 10.8. The lowest BCUT2D eigenvalue weighted by Crippen LogP contribution is -2.50. The maximum atomic E-state index is 12.6. The fraction of sp³-hybridized carbons (Fsp3) is 0.556. The monoisotopic (exact) mass is 492 g/mol. The van der Waals surface area contributed by atoms with Gasteiger partial charge in [0.2, 0.25) is 0 Å². The van der Waals surface area contributed by atoms with Crippen LogP contribution in [-0.2, 0) is 0 Å². The molecule has 0 amide bonds. The Morgan fingerprint density at radius 1 is 0.971 bits per heavy atom. The summed E-state index contributed by atoms with van der Waals surface area (Å²) in [4.78, 5) is 4.75. The van der Waals surface area contributed by atoms with Gasteiger partial charge in [-0.3, -0.25) is 0 Å². The molecule has 1 aliphatic heterocycles. The van der Waals surface area contributed by atoms with Gasteiger partial charge in [0.1, 0.15) is 11.5 Å². The zero-order valence-corrected chi connectivity index (χ0v) is 20.5. The Balaban J connectivity index is 1.66. The second-order valence-corrected chi connectivity index (χ2v) is 9.85. The van der Waals surface area contributed by atoms with Crippen LogP contribution >= 0.6 is 0 Å². The fourth-order valence-corrected chi connectivity index (χ4v) is 5.39. The van der Waals surface area contributed by atoms with Crippen LogP contribution in [0.25, 0.3) is 11.1 Å². The minimum Gasteiger partial charge on any atom is -0.496 e. The minimum atomic E-state index is -4.73. The third-order valence-corrected chi connectivity index (χ3v) is 7.43. The topological polar surface area (TPSA) is 45.2 Å². The summed E-state index contributed by atoms with van der Waals surface area (Å²) in [5.74, 6) is 0.303. The Morgan fingerprint density at radius 2 is 1.63 bits per heavy atom. The zero-order chi connectivity index (χ0) is 25.1. The van der Waals surface area contributed by atoms with E-state index >= 15 is 0 Å². The average molecular weight is 493 g/mol. The SMILES string of the molecule is COc1ccc(C(CN2CCN(C)CC2)C2(O)CCCCC2)cc1-c1ccc(OC(F)(F)F)cc1. The van der Waals surface area contributed by atoms with Crippen molar-refractivity contribution in [3.05, 3.63) is 48.0 Å². The second-order valence-electron chi connectivity index (χ2n) is 9.85. The van der Waals surface area contributed by atoms with Crippen molar-refractivity contribution in [2.24, 2.45) is 0 Å². The largest absolute Gasteiger partial charge is 0.573 e. The number of halogens is 3. The summed E-state index contributed by atoms with van der Waals surface area (Å²) in [6, 6.07) is 11.8. The van der Waals surface area contributed by atoms with E-state index in [-0.39, 0.29) is 11.7 Å². The first-order valence-corrected chi connectivity index (χ1v) is 12.3. The molecule has 0 spiro atoms. The van der Waals surface area contributed by atoms with Gasteiger partial charge in [-0.2, -0.15) is 0 Å². The molecule has 5 nitrogen and oxygen atoms in total. The van der Waals surface area contributed by atoms with Gasteiger partial charge in [0.15, 0.2) is 0 Å². The molecule has 1 saturated heterocycles. The minimum absolute atomic E-state index is 0.0660. The van der Waals surface area contributed by atoms with Crippen LogP contribution < -0.4 is 9.47 Å². The number of methoxy groups -OCH3 is 1. The van der Waals surface area contributed by atoms with Crippen LogP contribution in [0, 0.1) is 0 Å². The number of nitrogens with zero attached hydrogens (tertiary/aromatic N) is 2. The number of hydrogen-bond donors (Lipinski definition) is 1. The van der Waals surface area contributed by atoms with E-state index in [9.17, 15) is 18.3 Å². The number of aliphatic hydroxyl groups is 1. The lowest BCUT2D eigenvalue weighted by molar-refractivity contribution is -0.274. The van der Waals surface area contributed by atoms with Crippen LogP contribution in [0.1, 0.15) is 43.6 Å². The number of hydrogen-bond acceptors (Lipinski definition) is 5. The van der Waals surface area contributed by atoms with Crippen LogP contribution in [0.15, 0.2) is 42.5 Å². The van der Waals surface area contributed by atoms with Crippen molar-refractivity contribution in [2.45, 2.75) is 50.0 Å². The van der Waals surface area contributed by atoms with E-state index in [1.165, 1.54) is 12.1 Å². The van der Waals surface area contributed by atoms with Crippen molar-refractivity contribution in [1.29, 1.82) is 0 Å². The molecule has 1 atom stereocenters. The molecular formula is C27H35F3N2O3. The third-order valence-electron chi connectivity index (χ3n) is 7.43. The molecule has 0 bridgehead atoms. The molecule has 0 aromatic heterocycles. The Morgan fingerprint density at radius 3 is 2.23 bits per heavy atom. The third kappa shape index (κ3) is 6.48. The van der Waals surface area contributed by atoms with Gasteiger partial charge in [-0.1, -0.05) is 37.5 Å². The smallest absolute Gasteiger partial charge is 0.496 e. The number of piperazine rings is 1. The van der Waals surface area contributed by atoms with Crippen LogP contribution in [0.2, 0.25) is 0 Å². The van der Waals surface area contributed by atoms with Crippen LogP contribution in [0.5, 0.6) is 11.5 Å². The Kier molecular flexibility index (Phi) is 7.93. The number of alkyl halides is 3. The van der Waals surface area contributed by atoms with Crippen molar-refractivity contribution in [3.63, 3.8) is 0 Å². The first-order valence-electron chi connectivity index (χ1n) is 12.3. The molecule has 1 unspecified atom stereocenters. The van der Waals surface area contributed by atoms with E-state index in [1.54, 1.807) is 19.2 Å². The Hall–Kier alpha value is -2.29. The Labute approximate surface area is 205 Å². The summed E-state index contributed by atoms with van der Waals surface area (Å²) >= 11 is 0. The normalized spacial score (nSPS) is 20.4. The molecule has 1 aliphatic carbocycles. The van der Waals surface area contributed by atoms with E-state index in [0.717, 1.165) is 81.5 Å². The summed E-state index contributed by atoms with van der Waals surface area (Å²) in [5.41, 5.74) is 1.76. The van der Waals surface area contributed by atoms with E-state index in [4.69, 9.17) is 4.74 Å². The van der Waals surface area contributed by atoms with Gasteiger partial charge < -0.3 is 24.4 Å². The molecule has 1 saturated carbocycles. The Bertz CT molecular complexity index is 967. The number of ether oxygens (including phenoxy) is 2. The molecule has 2 aromatic carbocycles. The molecule has 0 radical (unpaired) electrons. The molecule has 2 aliphatic rings. The van der Waals surface area contributed by atoms with Gasteiger partial charge in [-0.15, -0.1) is 13.2 Å². The average Bonchev–Trinajstić information content (AvgIpc) is 2.83. The molecule has 192 valence electrons. The molecule has 1 heterocycles. The van der Waals surface area contributed by atoms with Crippen molar-refractivity contribution < 1.29 is 27.8 Å².